The molecule has 0 aromatic carbocycles. The predicted octanol–water partition coefficient (Wildman–Crippen LogP) is 1.31. The molecule has 1 aromatic heterocycles. The molecule has 0 saturated heterocycles. The first-order chi connectivity index (χ1) is 9.56. The summed E-state index contributed by atoms with van der Waals surface area (Å²) >= 11 is 0. The van der Waals surface area contributed by atoms with Crippen LogP contribution in [0.3, 0.4) is 0 Å². The van der Waals surface area contributed by atoms with Crippen LogP contribution in [0, 0.1) is 6.92 Å². The number of esters is 1. The van der Waals surface area contributed by atoms with Crippen molar-refractivity contribution in [2.75, 3.05) is 17.3 Å². The Balaban J connectivity index is 2.21. The lowest BCUT2D eigenvalue weighted by Gasteiger charge is -2.17. The third-order valence-electron chi connectivity index (χ3n) is 3.24. The van der Waals surface area contributed by atoms with E-state index in [1.807, 2.05) is 6.92 Å². The number of nitrogens with two attached hydrogens (primary N) is 1. The second-order valence-electron chi connectivity index (χ2n) is 4.94. The topological polar surface area (TPSA) is 102 Å². The molecule has 110 valence electrons. The Morgan fingerprint density at radius 2 is 2.10 bits per heavy atom. The molecule has 1 aliphatic carbocycles. The summed E-state index contributed by atoms with van der Waals surface area (Å²) in [5.41, 5.74) is 3.36. The molecule has 1 unspecified atom stereocenters. The zero-order chi connectivity index (χ0) is 14.7. The maximum absolute atomic E-state index is 11.7. The minimum atomic E-state index is -0.471. The Morgan fingerprint density at radius 1 is 1.45 bits per heavy atom. The quantitative estimate of drug-likeness (QED) is 0.410. The summed E-state index contributed by atoms with van der Waals surface area (Å²) in [5, 5.41) is 3.07. The van der Waals surface area contributed by atoms with E-state index in [1.165, 1.54) is 0 Å². The number of anilines is 2. The highest BCUT2D eigenvalue weighted by molar-refractivity contribution is 5.79. The predicted molar refractivity (Wildman–Crippen MR) is 76.3 cm³/mol. The van der Waals surface area contributed by atoms with Crippen molar-refractivity contribution in [3.05, 3.63) is 11.4 Å². The van der Waals surface area contributed by atoms with Gasteiger partial charge in [0.1, 0.15) is 23.5 Å². The SMILES string of the molecule is CCOC(=O)C(C)Nc1nc(C2CC2)nc(NN)c1C. The summed E-state index contributed by atoms with van der Waals surface area (Å²) in [6.45, 7) is 5.73. The van der Waals surface area contributed by atoms with Gasteiger partial charge in [-0.2, -0.15) is 0 Å². The van der Waals surface area contributed by atoms with E-state index in [-0.39, 0.29) is 5.97 Å². The van der Waals surface area contributed by atoms with Gasteiger partial charge >= 0.3 is 5.97 Å². The Hall–Kier alpha value is -1.89. The smallest absolute Gasteiger partial charge is 0.328 e. The second-order valence-corrected chi connectivity index (χ2v) is 4.94. The second kappa shape index (κ2) is 6.04. The number of hydrogen-bond donors (Lipinski definition) is 3. The highest BCUT2D eigenvalue weighted by Crippen LogP contribution is 2.39. The molecule has 0 amide bonds. The van der Waals surface area contributed by atoms with Gasteiger partial charge in [0.15, 0.2) is 0 Å². The van der Waals surface area contributed by atoms with E-state index in [4.69, 9.17) is 10.6 Å². The molecular weight excluding hydrogens is 258 g/mol. The van der Waals surface area contributed by atoms with Gasteiger partial charge in [0.25, 0.3) is 0 Å². The largest absolute Gasteiger partial charge is 0.464 e. The summed E-state index contributed by atoms with van der Waals surface area (Å²) in [6.07, 6.45) is 2.19. The average Bonchev–Trinajstić information content (AvgIpc) is 3.25. The first-order valence-electron chi connectivity index (χ1n) is 6.85. The van der Waals surface area contributed by atoms with Crippen LogP contribution < -0.4 is 16.6 Å². The maximum Gasteiger partial charge on any atom is 0.328 e. The molecule has 20 heavy (non-hydrogen) atoms. The molecule has 7 heteroatoms. The van der Waals surface area contributed by atoms with Crippen molar-refractivity contribution in [1.29, 1.82) is 0 Å². The normalized spacial score (nSPS) is 15.6. The molecule has 1 aliphatic rings. The van der Waals surface area contributed by atoms with Crippen molar-refractivity contribution in [1.82, 2.24) is 9.97 Å². The van der Waals surface area contributed by atoms with Crippen molar-refractivity contribution >= 4 is 17.6 Å². The number of aromatic nitrogens is 2. The highest BCUT2D eigenvalue weighted by Gasteiger charge is 2.28. The average molecular weight is 279 g/mol. The van der Waals surface area contributed by atoms with E-state index in [9.17, 15) is 4.79 Å². The zero-order valence-corrected chi connectivity index (χ0v) is 12.1. The van der Waals surface area contributed by atoms with Crippen LogP contribution >= 0.6 is 0 Å². The summed E-state index contributed by atoms with van der Waals surface area (Å²) < 4.78 is 4.98. The fraction of sp³-hybridized carbons (Fsp3) is 0.615. The molecule has 1 atom stereocenters. The number of nitrogens with zero attached hydrogens (tertiary/aromatic N) is 2. The van der Waals surface area contributed by atoms with Gasteiger partial charge < -0.3 is 15.5 Å². The van der Waals surface area contributed by atoms with Crippen molar-refractivity contribution in [2.24, 2.45) is 5.84 Å². The van der Waals surface area contributed by atoms with Gasteiger partial charge in [-0.25, -0.2) is 20.6 Å². The minimum absolute atomic E-state index is 0.305. The van der Waals surface area contributed by atoms with E-state index in [2.05, 4.69) is 20.7 Å². The van der Waals surface area contributed by atoms with E-state index in [1.54, 1.807) is 13.8 Å². The number of rotatable bonds is 6. The number of hydrazine groups is 1. The number of hydrogen-bond acceptors (Lipinski definition) is 7. The van der Waals surface area contributed by atoms with Gasteiger partial charge in [0.2, 0.25) is 0 Å². The van der Waals surface area contributed by atoms with Crippen LogP contribution in [-0.2, 0) is 9.53 Å². The molecule has 0 bridgehead atoms. The first-order valence-corrected chi connectivity index (χ1v) is 6.85. The van der Waals surface area contributed by atoms with Crippen molar-refractivity contribution < 1.29 is 9.53 Å². The monoisotopic (exact) mass is 279 g/mol. The maximum atomic E-state index is 11.7. The lowest BCUT2D eigenvalue weighted by atomic mass is 10.2. The van der Waals surface area contributed by atoms with Gasteiger partial charge in [-0.15, -0.1) is 0 Å². The number of ether oxygens (including phenoxy) is 1. The molecule has 0 spiro atoms. The Bertz CT molecular complexity index is 502. The highest BCUT2D eigenvalue weighted by atomic mass is 16.5. The molecule has 0 radical (unpaired) electrons. The van der Waals surface area contributed by atoms with Crippen molar-refractivity contribution in [3.63, 3.8) is 0 Å². The standard InChI is InChI=1S/C13H21N5O2/c1-4-20-13(19)8(3)15-10-7(2)11(18-14)17-12(16-10)9-5-6-9/h8-9H,4-6,14H2,1-3H3,(H2,15,16,17,18). The van der Waals surface area contributed by atoms with Crippen molar-refractivity contribution in [3.8, 4) is 0 Å². The number of nitrogens with one attached hydrogen (secondary N) is 2. The van der Waals surface area contributed by atoms with E-state index >= 15 is 0 Å². The Morgan fingerprint density at radius 3 is 2.65 bits per heavy atom. The summed E-state index contributed by atoms with van der Waals surface area (Å²) in [6, 6.07) is -0.471. The molecule has 4 N–H and O–H groups in total. The fourth-order valence-electron chi connectivity index (χ4n) is 1.87. The lowest BCUT2D eigenvalue weighted by molar-refractivity contribution is -0.143. The van der Waals surface area contributed by atoms with Gasteiger partial charge in [-0.3, -0.25) is 0 Å². The number of carbonyl (C=O) groups excluding carboxylic acids is 1. The molecule has 0 aliphatic heterocycles. The molecule has 2 rings (SSSR count). The third-order valence-corrected chi connectivity index (χ3v) is 3.24. The third kappa shape index (κ3) is 3.16. The van der Waals surface area contributed by atoms with Crippen LogP contribution in [0.15, 0.2) is 0 Å². The van der Waals surface area contributed by atoms with Crippen LogP contribution in [0.5, 0.6) is 0 Å². The molecule has 7 nitrogen and oxygen atoms in total. The molecule has 1 saturated carbocycles. The Labute approximate surface area is 118 Å². The van der Waals surface area contributed by atoms with E-state index < -0.39 is 6.04 Å². The van der Waals surface area contributed by atoms with E-state index in [0.29, 0.717) is 24.2 Å². The Kier molecular flexibility index (Phi) is 4.39. The van der Waals surface area contributed by atoms with Gasteiger partial charge in [-0.05, 0) is 33.6 Å². The first kappa shape index (κ1) is 14.5. The lowest BCUT2D eigenvalue weighted by Crippen LogP contribution is -2.29. The van der Waals surface area contributed by atoms with Crippen molar-refractivity contribution in [2.45, 2.75) is 45.6 Å². The van der Waals surface area contributed by atoms with Crippen LogP contribution in [0.4, 0.5) is 11.6 Å². The zero-order valence-electron chi connectivity index (χ0n) is 12.1. The molecule has 1 aromatic rings. The van der Waals surface area contributed by atoms with Gasteiger partial charge in [0.05, 0.1) is 6.61 Å². The van der Waals surface area contributed by atoms with Crippen LogP contribution in [0.2, 0.25) is 0 Å². The number of nitrogen functional groups attached to an aromatic ring is 1. The fourth-order valence-corrected chi connectivity index (χ4v) is 1.87. The van der Waals surface area contributed by atoms with Crippen LogP contribution in [0.25, 0.3) is 0 Å². The minimum Gasteiger partial charge on any atom is -0.464 e. The summed E-state index contributed by atoms with van der Waals surface area (Å²) in [7, 11) is 0. The molecular formula is C13H21N5O2. The van der Waals surface area contributed by atoms with Crippen LogP contribution in [-0.4, -0.2) is 28.6 Å². The van der Waals surface area contributed by atoms with Crippen LogP contribution in [0.1, 0.15) is 44.0 Å². The number of carbonyl (C=O) groups is 1. The van der Waals surface area contributed by atoms with E-state index in [0.717, 1.165) is 24.2 Å². The van der Waals surface area contributed by atoms with Gasteiger partial charge in [-0.1, -0.05) is 0 Å². The molecule has 1 heterocycles. The van der Waals surface area contributed by atoms with Gasteiger partial charge in [0, 0.05) is 11.5 Å². The summed E-state index contributed by atoms with van der Waals surface area (Å²) in [5.74, 6) is 7.56. The molecule has 1 fully saturated rings. The summed E-state index contributed by atoms with van der Waals surface area (Å²) in [4.78, 5) is 20.6.